The lowest BCUT2D eigenvalue weighted by molar-refractivity contribution is 0.0529. The molecule has 1 N–H and O–H groups in total. The first-order chi connectivity index (χ1) is 10.5. The molecule has 2 rings (SSSR count). The molecule has 7 nitrogen and oxygen atoms in total. The minimum absolute atomic E-state index is 0.0254. The number of alkyl carbamates (subject to hydrolysis) is 1. The van der Waals surface area contributed by atoms with Crippen LogP contribution in [0.15, 0.2) is 18.2 Å². The van der Waals surface area contributed by atoms with Gasteiger partial charge >= 0.3 is 16.3 Å². The van der Waals surface area contributed by atoms with Crippen LogP contribution in [0.1, 0.15) is 20.8 Å². The number of carbonyl (C=O) groups excluding carboxylic acids is 1. The van der Waals surface area contributed by atoms with Crippen molar-refractivity contribution in [3.05, 3.63) is 24.0 Å². The van der Waals surface area contributed by atoms with Crippen molar-refractivity contribution in [2.45, 2.75) is 26.4 Å². The van der Waals surface area contributed by atoms with Gasteiger partial charge in [-0.05, 0) is 32.9 Å². The first-order valence-corrected chi connectivity index (χ1v) is 8.45. The fourth-order valence-corrected chi connectivity index (χ4v) is 3.58. The average molecular weight is 345 g/mol. The predicted octanol–water partition coefficient (Wildman–Crippen LogP) is 1.85. The highest BCUT2D eigenvalue weighted by Gasteiger charge is 2.37. The molecule has 1 aromatic rings. The number of rotatable bonds is 3. The van der Waals surface area contributed by atoms with Gasteiger partial charge in [-0.15, -0.1) is 0 Å². The molecule has 0 saturated heterocycles. The number of ether oxygens (including phenoxy) is 1. The highest BCUT2D eigenvalue weighted by Crippen LogP contribution is 2.39. The molecule has 0 unspecified atom stereocenters. The summed E-state index contributed by atoms with van der Waals surface area (Å²) in [6, 6.07) is 3.76. The van der Waals surface area contributed by atoms with Gasteiger partial charge in [0.2, 0.25) is 0 Å². The smallest absolute Gasteiger partial charge is 0.407 e. The van der Waals surface area contributed by atoms with E-state index in [9.17, 15) is 17.6 Å². The first kappa shape index (κ1) is 17.3. The van der Waals surface area contributed by atoms with Crippen molar-refractivity contribution in [2.24, 2.45) is 0 Å². The molecule has 23 heavy (non-hydrogen) atoms. The summed E-state index contributed by atoms with van der Waals surface area (Å²) in [6.07, 6.45) is -0.637. The fraction of sp³-hybridized carbons (Fsp3) is 0.500. The van der Waals surface area contributed by atoms with Crippen molar-refractivity contribution < 1.29 is 22.3 Å². The van der Waals surface area contributed by atoms with Crippen molar-refractivity contribution in [1.29, 1.82) is 0 Å². The van der Waals surface area contributed by atoms with Crippen LogP contribution >= 0.6 is 0 Å². The molecule has 0 aliphatic carbocycles. The normalized spacial score (nSPS) is 16.2. The Labute approximate surface area is 135 Å². The molecule has 0 aromatic heterocycles. The van der Waals surface area contributed by atoms with Crippen molar-refractivity contribution in [2.75, 3.05) is 28.7 Å². The summed E-state index contributed by atoms with van der Waals surface area (Å²) in [6.45, 7) is 5.20. The molecular weight excluding hydrogens is 325 g/mol. The highest BCUT2D eigenvalue weighted by molar-refractivity contribution is 7.94. The standard InChI is InChI=1S/C14H20FN3O4S/c1-14(2,3)22-13(19)16-7-8-18-12-9-10(15)5-6-11(12)17(4)23(18,20)21/h5-6,9H,7-8H2,1-4H3,(H,16,19). The topological polar surface area (TPSA) is 79.0 Å². The number of benzene rings is 1. The number of nitrogens with zero attached hydrogens (tertiary/aromatic N) is 2. The number of anilines is 2. The number of hydrogen-bond acceptors (Lipinski definition) is 4. The summed E-state index contributed by atoms with van der Waals surface area (Å²) in [7, 11) is -2.37. The Morgan fingerprint density at radius 2 is 1.96 bits per heavy atom. The Balaban J connectivity index is 2.08. The maximum atomic E-state index is 13.4. The summed E-state index contributed by atoms with van der Waals surface area (Å²) < 4.78 is 45.3. The molecule has 0 atom stereocenters. The van der Waals surface area contributed by atoms with Gasteiger partial charge in [0.05, 0.1) is 17.9 Å². The monoisotopic (exact) mass is 345 g/mol. The van der Waals surface area contributed by atoms with Crippen LogP contribution in [-0.4, -0.2) is 40.2 Å². The molecule has 128 valence electrons. The van der Waals surface area contributed by atoms with Gasteiger partial charge in [-0.2, -0.15) is 8.42 Å². The van der Waals surface area contributed by atoms with E-state index < -0.39 is 27.7 Å². The average Bonchev–Trinajstić information content (AvgIpc) is 2.57. The lowest BCUT2D eigenvalue weighted by Crippen LogP contribution is -2.41. The van der Waals surface area contributed by atoms with Crippen LogP contribution in [-0.2, 0) is 14.9 Å². The van der Waals surface area contributed by atoms with E-state index >= 15 is 0 Å². The predicted molar refractivity (Wildman–Crippen MR) is 85.3 cm³/mol. The van der Waals surface area contributed by atoms with Crippen LogP contribution in [0.5, 0.6) is 0 Å². The largest absolute Gasteiger partial charge is 0.444 e. The lowest BCUT2D eigenvalue weighted by Gasteiger charge is -2.21. The van der Waals surface area contributed by atoms with Gasteiger partial charge in [-0.25, -0.2) is 13.5 Å². The van der Waals surface area contributed by atoms with Gasteiger partial charge in [0.25, 0.3) is 0 Å². The third kappa shape index (κ3) is 3.66. The van der Waals surface area contributed by atoms with Crippen molar-refractivity contribution in [3.63, 3.8) is 0 Å². The van der Waals surface area contributed by atoms with Gasteiger partial charge in [0, 0.05) is 19.7 Å². The van der Waals surface area contributed by atoms with Crippen molar-refractivity contribution in [3.8, 4) is 0 Å². The minimum atomic E-state index is -3.77. The van der Waals surface area contributed by atoms with Gasteiger partial charge < -0.3 is 10.1 Å². The maximum Gasteiger partial charge on any atom is 0.407 e. The molecule has 1 amide bonds. The number of nitrogens with one attached hydrogen (secondary N) is 1. The molecule has 0 bridgehead atoms. The van der Waals surface area contributed by atoms with E-state index in [1.165, 1.54) is 19.2 Å². The Kier molecular flexibility index (Phi) is 4.43. The Morgan fingerprint density at radius 1 is 1.30 bits per heavy atom. The molecule has 1 aliphatic rings. The molecule has 9 heteroatoms. The van der Waals surface area contributed by atoms with E-state index in [0.29, 0.717) is 5.69 Å². The van der Waals surface area contributed by atoms with Crippen molar-refractivity contribution in [1.82, 2.24) is 5.32 Å². The zero-order valence-electron chi connectivity index (χ0n) is 13.5. The number of amides is 1. The molecule has 1 aromatic carbocycles. The van der Waals surface area contributed by atoms with Crippen LogP contribution in [0.25, 0.3) is 0 Å². The molecular formula is C14H20FN3O4S. The van der Waals surface area contributed by atoms with Crippen LogP contribution in [0.4, 0.5) is 20.6 Å². The van der Waals surface area contributed by atoms with E-state index in [4.69, 9.17) is 4.74 Å². The second-order valence-corrected chi connectivity index (χ2v) is 7.99. The maximum absolute atomic E-state index is 13.4. The fourth-order valence-electron chi connectivity index (χ4n) is 2.17. The quantitative estimate of drug-likeness (QED) is 0.907. The third-order valence-corrected chi connectivity index (χ3v) is 4.98. The Hall–Kier alpha value is -2.03. The molecule has 0 saturated carbocycles. The van der Waals surface area contributed by atoms with Gasteiger partial charge in [0.15, 0.2) is 0 Å². The summed E-state index contributed by atoms with van der Waals surface area (Å²) >= 11 is 0. The van der Waals surface area contributed by atoms with Gasteiger partial charge in [-0.3, -0.25) is 4.31 Å². The Morgan fingerprint density at radius 3 is 2.57 bits per heavy atom. The summed E-state index contributed by atoms with van der Waals surface area (Å²) in [4.78, 5) is 11.6. The number of halogens is 1. The van der Waals surface area contributed by atoms with E-state index in [1.807, 2.05) is 0 Å². The molecule has 1 aliphatic heterocycles. The van der Waals surface area contributed by atoms with Gasteiger partial charge in [0.1, 0.15) is 11.4 Å². The lowest BCUT2D eigenvalue weighted by atomic mass is 10.2. The van der Waals surface area contributed by atoms with Crippen molar-refractivity contribution >= 4 is 27.7 Å². The minimum Gasteiger partial charge on any atom is -0.444 e. The van der Waals surface area contributed by atoms with Crippen LogP contribution < -0.4 is 13.9 Å². The van der Waals surface area contributed by atoms with Crippen LogP contribution in [0.3, 0.4) is 0 Å². The first-order valence-electron chi connectivity index (χ1n) is 7.05. The Bertz CT molecular complexity index is 715. The second-order valence-electron chi connectivity index (χ2n) is 6.11. The molecule has 0 fully saturated rings. The van der Waals surface area contributed by atoms with Crippen LogP contribution in [0, 0.1) is 5.82 Å². The van der Waals surface area contributed by atoms with E-state index in [2.05, 4.69) is 5.32 Å². The zero-order chi connectivity index (χ0) is 17.4. The molecule has 1 heterocycles. The summed E-state index contributed by atoms with van der Waals surface area (Å²) in [5, 5.41) is 2.48. The van der Waals surface area contributed by atoms with E-state index in [1.54, 1.807) is 20.8 Å². The van der Waals surface area contributed by atoms with E-state index in [-0.39, 0.29) is 18.8 Å². The second kappa shape index (κ2) is 5.88. The molecule has 0 radical (unpaired) electrons. The SMILES string of the molecule is CN1c2ccc(F)cc2N(CCNC(=O)OC(C)(C)C)S1(=O)=O. The van der Waals surface area contributed by atoms with E-state index in [0.717, 1.165) is 14.7 Å². The number of carbonyl (C=O) groups is 1. The highest BCUT2D eigenvalue weighted by atomic mass is 32.2. The number of hydrogen-bond donors (Lipinski definition) is 1. The summed E-state index contributed by atoms with van der Waals surface area (Å²) in [5.74, 6) is -0.528. The summed E-state index contributed by atoms with van der Waals surface area (Å²) in [5.41, 5.74) is 0.00175. The van der Waals surface area contributed by atoms with Crippen LogP contribution in [0.2, 0.25) is 0 Å². The van der Waals surface area contributed by atoms with Gasteiger partial charge in [-0.1, -0.05) is 0 Å². The molecule has 0 spiro atoms. The zero-order valence-corrected chi connectivity index (χ0v) is 14.3. The third-order valence-electron chi connectivity index (χ3n) is 3.15. The number of fused-ring (bicyclic) bond motifs is 1.